The smallest absolute Gasteiger partial charge is 0.315 e. The molecule has 0 unspecified atom stereocenters. The molecule has 2 N–H and O–H groups in total. The van der Waals surface area contributed by atoms with Gasteiger partial charge in [0.1, 0.15) is 5.82 Å². The third kappa shape index (κ3) is 4.16. The normalized spacial score (nSPS) is 10.4. The van der Waals surface area contributed by atoms with Crippen molar-refractivity contribution in [3.63, 3.8) is 0 Å². The monoisotopic (exact) mass is 325 g/mol. The van der Waals surface area contributed by atoms with E-state index in [1.165, 1.54) is 12.1 Å². The highest BCUT2D eigenvalue weighted by Crippen LogP contribution is 2.06. The maximum Gasteiger partial charge on any atom is 0.315 e. The molecule has 3 aromatic rings. The van der Waals surface area contributed by atoms with E-state index in [0.29, 0.717) is 18.9 Å². The van der Waals surface area contributed by atoms with E-state index in [1.807, 2.05) is 18.2 Å². The quantitative estimate of drug-likeness (QED) is 0.757. The molecule has 122 valence electrons. The topological polar surface area (TPSA) is 71.8 Å². The molecule has 7 heteroatoms. The number of carbonyl (C=O) groups excluding carboxylic acids is 1. The van der Waals surface area contributed by atoms with Gasteiger partial charge in [-0.05, 0) is 41.5 Å². The second kappa shape index (κ2) is 7.36. The van der Waals surface area contributed by atoms with E-state index in [0.717, 1.165) is 11.1 Å². The lowest BCUT2D eigenvalue weighted by atomic mass is 10.2. The van der Waals surface area contributed by atoms with E-state index in [1.54, 1.807) is 35.4 Å². The van der Waals surface area contributed by atoms with Crippen LogP contribution < -0.4 is 10.6 Å². The van der Waals surface area contributed by atoms with Gasteiger partial charge in [-0.15, -0.1) is 0 Å². The summed E-state index contributed by atoms with van der Waals surface area (Å²) < 4.78 is 14.5. The molecule has 0 aliphatic heterocycles. The molecule has 0 atom stereocenters. The fourth-order valence-electron chi connectivity index (χ4n) is 2.13. The van der Waals surface area contributed by atoms with Gasteiger partial charge in [-0.1, -0.05) is 12.1 Å². The molecular weight excluding hydrogens is 309 g/mol. The number of nitrogens with zero attached hydrogens (tertiary/aromatic N) is 3. The Morgan fingerprint density at radius 1 is 1.04 bits per heavy atom. The average Bonchev–Trinajstić information content (AvgIpc) is 3.14. The molecule has 2 aromatic heterocycles. The number of amides is 2. The number of rotatable bonds is 5. The Kier molecular flexibility index (Phi) is 4.81. The molecule has 0 saturated carbocycles. The Bertz CT molecular complexity index is 802. The molecule has 0 saturated heterocycles. The second-order valence-corrected chi connectivity index (χ2v) is 5.14. The standard InChI is InChI=1S/C17H16FN5O/c18-15-4-2-13(3-5-15)11-20-17(24)21-12-14-6-8-19-16(10-14)23-9-1-7-22-23/h1-10H,11-12H2,(H2,20,21,24). The third-order valence-electron chi connectivity index (χ3n) is 3.37. The van der Waals surface area contributed by atoms with Crippen molar-refractivity contribution < 1.29 is 9.18 Å². The number of hydrogen-bond donors (Lipinski definition) is 2. The first-order valence-corrected chi connectivity index (χ1v) is 7.42. The highest BCUT2D eigenvalue weighted by molar-refractivity contribution is 5.73. The van der Waals surface area contributed by atoms with E-state index in [9.17, 15) is 9.18 Å². The molecular formula is C17H16FN5O. The molecule has 0 bridgehead atoms. The zero-order chi connectivity index (χ0) is 16.8. The minimum Gasteiger partial charge on any atom is -0.334 e. The van der Waals surface area contributed by atoms with Gasteiger partial charge in [0.2, 0.25) is 0 Å². The van der Waals surface area contributed by atoms with E-state index < -0.39 is 0 Å². The van der Waals surface area contributed by atoms with Crippen LogP contribution in [-0.4, -0.2) is 20.8 Å². The fourth-order valence-corrected chi connectivity index (χ4v) is 2.13. The van der Waals surface area contributed by atoms with Crippen LogP contribution in [0.5, 0.6) is 0 Å². The number of halogens is 1. The van der Waals surface area contributed by atoms with Gasteiger partial charge >= 0.3 is 6.03 Å². The summed E-state index contributed by atoms with van der Waals surface area (Å²) in [7, 11) is 0. The predicted molar refractivity (Wildman–Crippen MR) is 86.8 cm³/mol. The van der Waals surface area contributed by atoms with E-state index >= 15 is 0 Å². The van der Waals surface area contributed by atoms with Crippen molar-refractivity contribution in [2.75, 3.05) is 0 Å². The second-order valence-electron chi connectivity index (χ2n) is 5.14. The largest absolute Gasteiger partial charge is 0.334 e. The summed E-state index contributed by atoms with van der Waals surface area (Å²) in [6.07, 6.45) is 5.15. The summed E-state index contributed by atoms with van der Waals surface area (Å²) in [6.45, 7) is 0.701. The van der Waals surface area contributed by atoms with Gasteiger partial charge in [0.15, 0.2) is 5.82 Å². The number of pyridine rings is 1. The van der Waals surface area contributed by atoms with Gasteiger partial charge in [-0.2, -0.15) is 5.10 Å². The zero-order valence-electron chi connectivity index (χ0n) is 12.8. The number of benzene rings is 1. The first-order chi connectivity index (χ1) is 11.7. The fraction of sp³-hybridized carbons (Fsp3) is 0.118. The summed E-state index contributed by atoms with van der Waals surface area (Å²) >= 11 is 0. The van der Waals surface area contributed by atoms with Crippen LogP contribution >= 0.6 is 0 Å². The Morgan fingerprint density at radius 2 is 1.79 bits per heavy atom. The lowest BCUT2D eigenvalue weighted by Crippen LogP contribution is -2.34. The Labute approximate surface area is 138 Å². The lowest BCUT2D eigenvalue weighted by molar-refractivity contribution is 0.240. The molecule has 0 radical (unpaired) electrons. The molecule has 24 heavy (non-hydrogen) atoms. The van der Waals surface area contributed by atoms with E-state index in [4.69, 9.17) is 0 Å². The summed E-state index contributed by atoms with van der Waals surface area (Å²) in [5.74, 6) is 0.389. The van der Waals surface area contributed by atoms with Crippen molar-refractivity contribution in [3.8, 4) is 5.82 Å². The number of hydrogen-bond acceptors (Lipinski definition) is 3. The minimum atomic E-state index is -0.297. The molecule has 0 aliphatic rings. The summed E-state index contributed by atoms with van der Waals surface area (Å²) in [6, 6.07) is 11.2. The van der Waals surface area contributed by atoms with Crippen LogP contribution in [0, 0.1) is 5.82 Å². The van der Waals surface area contributed by atoms with Crippen molar-refractivity contribution in [1.29, 1.82) is 0 Å². The Balaban J connectivity index is 1.51. The summed E-state index contributed by atoms with van der Waals surface area (Å²) in [5.41, 5.74) is 1.74. The zero-order valence-corrected chi connectivity index (χ0v) is 12.8. The third-order valence-corrected chi connectivity index (χ3v) is 3.37. The van der Waals surface area contributed by atoms with Gasteiger partial charge in [0.05, 0.1) is 0 Å². The van der Waals surface area contributed by atoms with E-state index in [-0.39, 0.29) is 11.8 Å². The van der Waals surface area contributed by atoms with E-state index in [2.05, 4.69) is 20.7 Å². The van der Waals surface area contributed by atoms with Crippen LogP contribution in [0.2, 0.25) is 0 Å². The van der Waals surface area contributed by atoms with Gasteiger partial charge in [-0.25, -0.2) is 18.9 Å². The number of urea groups is 1. The first-order valence-electron chi connectivity index (χ1n) is 7.42. The maximum absolute atomic E-state index is 12.8. The Morgan fingerprint density at radius 3 is 2.50 bits per heavy atom. The maximum atomic E-state index is 12.8. The first kappa shape index (κ1) is 15.7. The van der Waals surface area contributed by atoms with Crippen LogP contribution in [0.15, 0.2) is 61.1 Å². The van der Waals surface area contributed by atoms with Crippen LogP contribution in [0.3, 0.4) is 0 Å². The predicted octanol–water partition coefficient (Wildman–Crippen LogP) is 2.41. The summed E-state index contributed by atoms with van der Waals surface area (Å²) in [4.78, 5) is 16.1. The van der Waals surface area contributed by atoms with Crippen LogP contribution in [0.1, 0.15) is 11.1 Å². The molecule has 0 aliphatic carbocycles. The van der Waals surface area contributed by atoms with Crippen LogP contribution in [0.25, 0.3) is 5.82 Å². The number of nitrogens with one attached hydrogen (secondary N) is 2. The van der Waals surface area contributed by atoms with Gasteiger partial charge in [0, 0.05) is 31.7 Å². The number of aromatic nitrogens is 3. The van der Waals surface area contributed by atoms with Gasteiger partial charge < -0.3 is 10.6 Å². The van der Waals surface area contributed by atoms with Gasteiger partial charge in [-0.3, -0.25) is 0 Å². The molecule has 6 nitrogen and oxygen atoms in total. The highest BCUT2D eigenvalue weighted by Gasteiger charge is 2.03. The number of carbonyl (C=O) groups is 1. The van der Waals surface area contributed by atoms with Crippen LogP contribution in [0.4, 0.5) is 9.18 Å². The van der Waals surface area contributed by atoms with Crippen molar-refractivity contribution >= 4 is 6.03 Å². The van der Waals surface area contributed by atoms with Crippen LogP contribution in [-0.2, 0) is 13.1 Å². The minimum absolute atomic E-state index is 0.295. The molecule has 0 spiro atoms. The molecule has 0 fully saturated rings. The highest BCUT2D eigenvalue weighted by atomic mass is 19.1. The van der Waals surface area contributed by atoms with Crippen molar-refractivity contribution in [2.24, 2.45) is 0 Å². The van der Waals surface area contributed by atoms with Crippen molar-refractivity contribution in [3.05, 3.63) is 78.0 Å². The molecule has 3 rings (SSSR count). The molecule has 2 heterocycles. The average molecular weight is 325 g/mol. The Hall–Kier alpha value is -3.22. The molecule has 2 amide bonds. The molecule has 1 aromatic carbocycles. The van der Waals surface area contributed by atoms with Gasteiger partial charge in [0.25, 0.3) is 0 Å². The van der Waals surface area contributed by atoms with Crippen molar-refractivity contribution in [2.45, 2.75) is 13.1 Å². The van der Waals surface area contributed by atoms with Crippen molar-refractivity contribution in [1.82, 2.24) is 25.4 Å². The summed E-state index contributed by atoms with van der Waals surface area (Å²) in [5, 5.41) is 9.62. The SMILES string of the molecule is O=C(NCc1ccc(F)cc1)NCc1ccnc(-n2cccn2)c1. The lowest BCUT2D eigenvalue weighted by Gasteiger charge is -2.09.